The molecule has 1 atom stereocenters. The molecule has 0 saturated carbocycles. The van der Waals surface area contributed by atoms with E-state index in [4.69, 9.17) is 24.1 Å². The van der Waals surface area contributed by atoms with Gasteiger partial charge in [-0.2, -0.15) is 0 Å². The third-order valence-electron chi connectivity index (χ3n) is 6.03. The van der Waals surface area contributed by atoms with Gasteiger partial charge >= 0.3 is 5.97 Å². The zero-order chi connectivity index (χ0) is 27.8. The number of sulfone groups is 1. The largest absolute Gasteiger partial charge is 0.493 e. The van der Waals surface area contributed by atoms with Gasteiger partial charge in [0.15, 0.2) is 0 Å². The fourth-order valence-corrected chi connectivity index (χ4v) is 4.81. The molecule has 9 heteroatoms. The van der Waals surface area contributed by atoms with E-state index in [1.165, 1.54) is 6.26 Å². The molecule has 3 aromatic rings. The van der Waals surface area contributed by atoms with Crippen molar-refractivity contribution in [1.82, 2.24) is 0 Å². The van der Waals surface area contributed by atoms with Gasteiger partial charge in [-0.1, -0.05) is 24.1 Å². The van der Waals surface area contributed by atoms with E-state index in [1.807, 2.05) is 54.6 Å². The molecule has 0 spiro atoms. The quantitative estimate of drug-likeness (QED) is 0.261. The summed E-state index contributed by atoms with van der Waals surface area (Å²) in [6.07, 6.45) is 1.56. The van der Waals surface area contributed by atoms with Gasteiger partial charge in [0.1, 0.15) is 39.4 Å². The second-order valence-corrected chi connectivity index (χ2v) is 11.4. The second-order valence-electron chi connectivity index (χ2n) is 9.13. The Morgan fingerprint density at radius 2 is 1.72 bits per heavy atom. The molecule has 1 N–H and O–H groups in total. The minimum absolute atomic E-state index is 0.0466. The first kappa shape index (κ1) is 27.9. The molecule has 0 fully saturated rings. The number of benzene rings is 3. The summed E-state index contributed by atoms with van der Waals surface area (Å²) in [5.41, 5.74) is 3.46. The zero-order valence-corrected chi connectivity index (χ0v) is 22.6. The molecule has 39 heavy (non-hydrogen) atoms. The lowest BCUT2D eigenvalue weighted by Gasteiger charge is -2.13. The fraction of sp³-hybridized carbons (Fsp3) is 0.300. The molecule has 3 aromatic carbocycles. The van der Waals surface area contributed by atoms with Crippen LogP contribution in [0.1, 0.15) is 36.8 Å². The van der Waals surface area contributed by atoms with Gasteiger partial charge < -0.3 is 24.1 Å². The number of rotatable bonds is 11. The smallest absolute Gasteiger partial charge is 0.304 e. The van der Waals surface area contributed by atoms with Gasteiger partial charge in [0.25, 0.3) is 0 Å². The molecular formula is C30H30O8S. The predicted octanol–water partition coefficient (Wildman–Crippen LogP) is 5.06. The number of hydrogen-bond acceptors (Lipinski definition) is 7. The molecule has 0 radical (unpaired) electrons. The summed E-state index contributed by atoms with van der Waals surface area (Å²) in [5, 5.41) is 9.15. The van der Waals surface area contributed by atoms with Crippen molar-refractivity contribution in [3.8, 4) is 46.0 Å². The van der Waals surface area contributed by atoms with Crippen LogP contribution in [0.2, 0.25) is 0 Å². The first-order valence-electron chi connectivity index (χ1n) is 12.4. The maximum atomic E-state index is 11.3. The Labute approximate surface area is 228 Å². The molecule has 0 aliphatic carbocycles. The Hall–Kier alpha value is -4.16. The van der Waals surface area contributed by atoms with Crippen molar-refractivity contribution < 1.29 is 37.3 Å². The molecule has 1 aliphatic heterocycles. The van der Waals surface area contributed by atoms with Crippen LogP contribution >= 0.6 is 0 Å². The zero-order valence-electron chi connectivity index (χ0n) is 21.8. The van der Waals surface area contributed by atoms with Gasteiger partial charge in [0.05, 0.1) is 24.7 Å². The number of ether oxygens (including phenoxy) is 4. The molecule has 204 valence electrons. The van der Waals surface area contributed by atoms with Gasteiger partial charge in [-0.3, -0.25) is 4.79 Å². The first-order valence-corrected chi connectivity index (χ1v) is 14.5. The van der Waals surface area contributed by atoms with Crippen LogP contribution in [0.5, 0.6) is 23.0 Å². The molecular weight excluding hydrogens is 520 g/mol. The number of fused-ring (bicyclic) bond motifs is 3. The lowest BCUT2D eigenvalue weighted by Crippen LogP contribution is -2.08. The van der Waals surface area contributed by atoms with Crippen molar-refractivity contribution in [3.63, 3.8) is 0 Å². The van der Waals surface area contributed by atoms with Crippen molar-refractivity contribution in [3.05, 3.63) is 71.8 Å². The summed E-state index contributed by atoms with van der Waals surface area (Å²) in [4.78, 5) is 11.2. The van der Waals surface area contributed by atoms with Gasteiger partial charge in [0, 0.05) is 23.4 Å². The summed E-state index contributed by atoms with van der Waals surface area (Å²) in [6.45, 7) is 2.34. The van der Waals surface area contributed by atoms with Crippen LogP contribution in [0.25, 0.3) is 11.1 Å². The first-order chi connectivity index (χ1) is 18.7. The van der Waals surface area contributed by atoms with Crippen LogP contribution in [-0.2, 0) is 21.2 Å². The number of carbonyl (C=O) groups is 1. The molecule has 1 heterocycles. The van der Waals surface area contributed by atoms with Crippen LogP contribution in [0.4, 0.5) is 0 Å². The number of carboxylic acid groups (broad SMARTS) is 1. The average Bonchev–Trinajstić information content (AvgIpc) is 3.08. The topological polar surface area (TPSA) is 108 Å². The standard InChI is InChI=1S/C30H30O8S/c1-3-5-23(17-30(31)32)22-7-9-24(10-8-22)36-19-21-6-13-28-27(16-21)26-12-11-25(18-29(26)38-20-37-28)35-14-4-15-39(2,33)34/h6-13,16,18,23H,4,14-15,17,19-20H2,1-2H3,(H,31,32). The van der Waals surface area contributed by atoms with E-state index >= 15 is 0 Å². The minimum atomic E-state index is -3.03. The maximum Gasteiger partial charge on any atom is 0.304 e. The van der Waals surface area contributed by atoms with Gasteiger partial charge in [-0.05, 0) is 60.9 Å². The van der Waals surface area contributed by atoms with Crippen LogP contribution in [0.15, 0.2) is 60.7 Å². The Morgan fingerprint density at radius 3 is 2.44 bits per heavy atom. The Bertz CT molecular complexity index is 1480. The summed E-state index contributed by atoms with van der Waals surface area (Å²) < 4.78 is 45.9. The fourth-order valence-electron chi connectivity index (χ4n) is 4.17. The van der Waals surface area contributed by atoms with E-state index in [2.05, 4.69) is 11.8 Å². The lowest BCUT2D eigenvalue weighted by molar-refractivity contribution is -0.137. The third kappa shape index (κ3) is 7.91. The predicted molar refractivity (Wildman–Crippen MR) is 147 cm³/mol. The summed E-state index contributed by atoms with van der Waals surface area (Å²) >= 11 is 0. The molecule has 1 aliphatic rings. The minimum Gasteiger partial charge on any atom is -0.493 e. The van der Waals surface area contributed by atoms with Gasteiger partial charge in [-0.15, -0.1) is 5.92 Å². The molecule has 4 rings (SSSR count). The molecule has 0 saturated heterocycles. The maximum absolute atomic E-state index is 11.3. The van der Waals surface area contributed by atoms with Crippen LogP contribution in [0, 0.1) is 11.8 Å². The number of carboxylic acids is 1. The molecule has 0 bridgehead atoms. The molecule has 0 amide bonds. The van der Waals surface area contributed by atoms with E-state index in [1.54, 1.807) is 13.0 Å². The van der Waals surface area contributed by atoms with Crippen LogP contribution < -0.4 is 18.9 Å². The number of aliphatic carboxylic acids is 1. The molecule has 1 unspecified atom stereocenters. The van der Waals surface area contributed by atoms with Crippen molar-refractivity contribution in [2.45, 2.75) is 32.3 Å². The monoisotopic (exact) mass is 550 g/mol. The molecule has 8 nitrogen and oxygen atoms in total. The average molecular weight is 551 g/mol. The van der Waals surface area contributed by atoms with E-state index in [0.717, 1.165) is 22.3 Å². The highest BCUT2D eigenvalue weighted by Crippen LogP contribution is 2.41. The SMILES string of the molecule is CC#CC(CC(=O)O)c1ccc(OCc2ccc3c(c2)-c2ccc(OCCCS(C)(=O)=O)cc2OCO3)cc1. The normalized spacial score (nSPS) is 12.8. The summed E-state index contributed by atoms with van der Waals surface area (Å²) in [7, 11) is -3.03. The van der Waals surface area contributed by atoms with Gasteiger partial charge in [-0.25, -0.2) is 8.42 Å². The Morgan fingerprint density at radius 1 is 0.974 bits per heavy atom. The third-order valence-corrected chi connectivity index (χ3v) is 7.06. The van der Waals surface area contributed by atoms with E-state index in [9.17, 15) is 13.2 Å². The van der Waals surface area contributed by atoms with Crippen LogP contribution in [0.3, 0.4) is 0 Å². The van der Waals surface area contributed by atoms with Crippen molar-refractivity contribution in [2.24, 2.45) is 0 Å². The van der Waals surface area contributed by atoms with E-state index in [-0.39, 0.29) is 31.5 Å². The van der Waals surface area contributed by atoms with Crippen molar-refractivity contribution >= 4 is 15.8 Å². The van der Waals surface area contributed by atoms with Gasteiger partial charge in [0.2, 0.25) is 6.79 Å². The van der Waals surface area contributed by atoms with Crippen LogP contribution in [-0.4, -0.2) is 44.9 Å². The lowest BCUT2D eigenvalue weighted by atomic mass is 9.96. The van der Waals surface area contributed by atoms with E-state index in [0.29, 0.717) is 36.0 Å². The van der Waals surface area contributed by atoms with Crippen molar-refractivity contribution in [1.29, 1.82) is 0 Å². The Kier molecular flexibility index (Phi) is 8.99. The second kappa shape index (κ2) is 12.6. The summed E-state index contributed by atoms with van der Waals surface area (Å²) in [6, 6.07) is 18.6. The number of hydrogen-bond donors (Lipinski definition) is 1. The summed E-state index contributed by atoms with van der Waals surface area (Å²) in [5.74, 6) is 7.09. The highest BCUT2D eigenvalue weighted by atomic mass is 32.2. The highest BCUT2D eigenvalue weighted by Gasteiger charge is 2.18. The van der Waals surface area contributed by atoms with E-state index < -0.39 is 15.8 Å². The molecule has 0 aromatic heterocycles. The highest BCUT2D eigenvalue weighted by molar-refractivity contribution is 7.90. The van der Waals surface area contributed by atoms with Crippen molar-refractivity contribution in [2.75, 3.05) is 25.4 Å². The Balaban J connectivity index is 1.44.